The van der Waals surface area contributed by atoms with Crippen LogP contribution >= 0.6 is 0 Å². The lowest BCUT2D eigenvalue weighted by atomic mass is 10.3. The molecule has 0 aliphatic carbocycles. The molecule has 0 amide bonds. The number of nitrogens with zero attached hydrogens (tertiary/aromatic N) is 2. The quantitative estimate of drug-likeness (QED) is 0.732. The van der Waals surface area contributed by atoms with Crippen molar-refractivity contribution in [2.24, 2.45) is 0 Å². The Kier molecular flexibility index (Phi) is 4.15. The molecule has 0 unspecified atom stereocenters. The number of unbranched alkanes of at least 4 members (excludes halogenated alkanes) is 1. The molecule has 1 rings (SSSR count). The number of rotatable bonds is 5. The largest absolute Gasteiger partial charge is 0.491 e. The maximum absolute atomic E-state index is 11.8. The Bertz CT molecular complexity index is 373. The van der Waals surface area contributed by atoms with E-state index in [-0.39, 0.29) is 11.3 Å². The summed E-state index contributed by atoms with van der Waals surface area (Å²) >= 11 is 0. The summed E-state index contributed by atoms with van der Waals surface area (Å²) in [6, 6.07) is 0. The van der Waals surface area contributed by atoms with Crippen molar-refractivity contribution in [1.29, 1.82) is 0 Å². The van der Waals surface area contributed by atoms with Gasteiger partial charge in [-0.2, -0.15) is 5.10 Å². The Morgan fingerprint density at radius 3 is 2.67 bits per heavy atom. The Morgan fingerprint density at radius 1 is 1.40 bits per heavy atom. The maximum Gasteiger partial charge on any atom is 0.313 e. The zero-order valence-corrected chi connectivity index (χ0v) is 9.32. The van der Waals surface area contributed by atoms with Crippen LogP contribution in [0.5, 0.6) is 11.5 Å². The number of methoxy groups -OCH3 is 2. The first kappa shape index (κ1) is 11.6. The summed E-state index contributed by atoms with van der Waals surface area (Å²) in [6.45, 7) is 2.67. The van der Waals surface area contributed by atoms with E-state index in [4.69, 9.17) is 9.47 Å². The predicted molar refractivity (Wildman–Crippen MR) is 56.5 cm³/mol. The van der Waals surface area contributed by atoms with E-state index < -0.39 is 0 Å². The van der Waals surface area contributed by atoms with E-state index in [1.807, 2.05) is 0 Å². The predicted octanol–water partition coefficient (Wildman–Crippen LogP) is 1.06. The van der Waals surface area contributed by atoms with E-state index in [1.165, 1.54) is 25.1 Å². The van der Waals surface area contributed by atoms with Crippen LogP contribution < -0.4 is 15.0 Å². The average Bonchev–Trinajstić information content (AvgIpc) is 2.27. The van der Waals surface area contributed by atoms with Gasteiger partial charge >= 0.3 is 5.56 Å². The van der Waals surface area contributed by atoms with Gasteiger partial charge in [-0.05, 0) is 6.42 Å². The van der Waals surface area contributed by atoms with Crippen LogP contribution in [-0.2, 0) is 6.54 Å². The van der Waals surface area contributed by atoms with Gasteiger partial charge in [-0.25, -0.2) is 4.68 Å². The van der Waals surface area contributed by atoms with Gasteiger partial charge in [0.1, 0.15) is 0 Å². The molecular weight excluding hydrogens is 196 g/mol. The highest BCUT2D eigenvalue weighted by atomic mass is 16.5. The van der Waals surface area contributed by atoms with Crippen LogP contribution in [0.25, 0.3) is 0 Å². The standard InChI is InChI=1S/C10H16N2O3/c1-4-5-6-12-10(13)9(15-3)8(14-2)7-11-12/h7H,4-6H2,1-3H3. The lowest BCUT2D eigenvalue weighted by Gasteiger charge is -2.09. The molecule has 15 heavy (non-hydrogen) atoms. The van der Waals surface area contributed by atoms with Crippen LogP contribution in [0, 0.1) is 0 Å². The van der Waals surface area contributed by atoms with Gasteiger partial charge in [-0.3, -0.25) is 4.79 Å². The molecule has 1 heterocycles. The van der Waals surface area contributed by atoms with Gasteiger partial charge in [-0.1, -0.05) is 13.3 Å². The average molecular weight is 212 g/mol. The summed E-state index contributed by atoms with van der Waals surface area (Å²) < 4.78 is 11.4. The number of hydrogen-bond donors (Lipinski definition) is 0. The van der Waals surface area contributed by atoms with Crippen LogP contribution in [0.4, 0.5) is 0 Å². The molecule has 84 valence electrons. The lowest BCUT2D eigenvalue weighted by molar-refractivity contribution is 0.338. The Hall–Kier alpha value is -1.52. The highest BCUT2D eigenvalue weighted by Gasteiger charge is 2.11. The van der Waals surface area contributed by atoms with E-state index in [2.05, 4.69) is 12.0 Å². The molecule has 0 fully saturated rings. The van der Waals surface area contributed by atoms with Gasteiger partial charge in [0.15, 0.2) is 5.75 Å². The molecule has 0 aliphatic rings. The van der Waals surface area contributed by atoms with Gasteiger partial charge in [0.25, 0.3) is 0 Å². The van der Waals surface area contributed by atoms with Crippen molar-refractivity contribution in [3.8, 4) is 11.5 Å². The second-order valence-electron chi connectivity index (χ2n) is 3.13. The van der Waals surface area contributed by atoms with Crippen LogP contribution in [0.15, 0.2) is 11.0 Å². The van der Waals surface area contributed by atoms with Gasteiger partial charge in [0.2, 0.25) is 5.75 Å². The number of ether oxygens (including phenoxy) is 2. The van der Waals surface area contributed by atoms with E-state index in [0.29, 0.717) is 12.3 Å². The molecule has 0 saturated carbocycles. The summed E-state index contributed by atoms with van der Waals surface area (Å²) in [7, 11) is 2.93. The summed E-state index contributed by atoms with van der Waals surface area (Å²) in [5.41, 5.74) is -0.245. The van der Waals surface area contributed by atoms with E-state index >= 15 is 0 Å². The van der Waals surface area contributed by atoms with Crippen molar-refractivity contribution in [3.05, 3.63) is 16.6 Å². The summed E-state index contributed by atoms with van der Waals surface area (Å²) in [5.74, 6) is 0.582. The van der Waals surface area contributed by atoms with Crippen LogP contribution in [0.3, 0.4) is 0 Å². The molecule has 0 aromatic carbocycles. The summed E-state index contributed by atoms with van der Waals surface area (Å²) in [6.07, 6.45) is 3.43. The minimum Gasteiger partial charge on any atom is -0.491 e. The molecule has 0 spiro atoms. The Labute approximate surface area is 88.6 Å². The van der Waals surface area contributed by atoms with Crippen molar-refractivity contribution in [1.82, 2.24) is 9.78 Å². The number of aryl methyl sites for hydroxylation is 1. The third-order valence-corrected chi connectivity index (χ3v) is 2.11. The normalized spacial score (nSPS) is 10.1. The highest BCUT2D eigenvalue weighted by molar-refractivity contribution is 5.34. The zero-order valence-electron chi connectivity index (χ0n) is 9.32. The van der Waals surface area contributed by atoms with Crippen molar-refractivity contribution >= 4 is 0 Å². The second kappa shape index (κ2) is 5.38. The number of hydrogen-bond acceptors (Lipinski definition) is 4. The van der Waals surface area contributed by atoms with E-state index in [0.717, 1.165) is 12.8 Å². The first-order valence-electron chi connectivity index (χ1n) is 4.92. The SMILES string of the molecule is CCCCn1ncc(OC)c(OC)c1=O. The fourth-order valence-corrected chi connectivity index (χ4v) is 1.26. The third kappa shape index (κ3) is 2.49. The number of aromatic nitrogens is 2. The van der Waals surface area contributed by atoms with Crippen LogP contribution in [-0.4, -0.2) is 24.0 Å². The molecule has 0 N–H and O–H groups in total. The van der Waals surface area contributed by atoms with Crippen LogP contribution in [0.1, 0.15) is 19.8 Å². The molecule has 0 atom stereocenters. The molecular formula is C10H16N2O3. The Morgan fingerprint density at radius 2 is 2.13 bits per heavy atom. The molecule has 1 aromatic heterocycles. The fraction of sp³-hybridized carbons (Fsp3) is 0.600. The first-order chi connectivity index (χ1) is 7.24. The molecule has 0 aliphatic heterocycles. The van der Waals surface area contributed by atoms with Crippen molar-refractivity contribution < 1.29 is 9.47 Å². The fourth-order valence-electron chi connectivity index (χ4n) is 1.26. The van der Waals surface area contributed by atoms with Gasteiger partial charge < -0.3 is 9.47 Å². The highest BCUT2D eigenvalue weighted by Crippen LogP contribution is 2.19. The second-order valence-corrected chi connectivity index (χ2v) is 3.13. The molecule has 0 radical (unpaired) electrons. The summed E-state index contributed by atoms with van der Waals surface area (Å²) in [5, 5.41) is 3.99. The lowest BCUT2D eigenvalue weighted by Crippen LogP contribution is -2.24. The van der Waals surface area contributed by atoms with Gasteiger partial charge in [0.05, 0.1) is 20.4 Å². The molecule has 0 saturated heterocycles. The van der Waals surface area contributed by atoms with Gasteiger partial charge in [0, 0.05) is 6.54 Å². The molecule has 1 aromatic rings. The molecule has 5 nitrogen and oxygen atoms in total. The van der Waals surface area contributed by atoms with Gasteiger partial charge in [-0.15, -0.1) is 0 Å². The van der Waals surface area contributed by atoms with E-state index in [9.17, 15) is 4.79 Å². The topological polar surface area (TPSA) is 53.4 Å². The Balaban J connectivity index is 3.06. The smallest absolute Gasteiger partial charge is 0.313 e. The third-order valence-electron chi connectivity index (χ3n) is 2.11. The monoisotopic (exact) mass is 212 g/mol. The maximum atomic E-state index is 11.8. The minimum atomic E-state index is -0.245. The van der Waals surface area contributed by atoms with Crippen molar-refractivity contribution in [2.45, 2.75) is 26.3 Å². The zero-order chi connectivity index (χ0) is 11.3. The van der Waals surface area contributed by atoms with Crippen molar-refractivity contribution in [3.63, 3.8) is 0 Å². The molecule has 0 bridgehead atoms. The van der Waals surface area contributed by atoms with Crippen molar-refractivity contribution in [2.75, 3.05) is 14.2 Å². The molecule has 5 heteroatoms. The van der Waals surface area contributed by atoms with Crippen LogP contribution in [0.2, 0.25) is 0 Å². The first-order valence-corrected chi connectivity index (χ1v) is 4.92. The summed E-state index contributed by atoms with van der Waals surface area (Å²) in [4.78, 5) is 11.8. The van der Waals surface area contributed by atoms with E-state index in [1.54, 1.807) is 0 Å². The minimum absolute atomic E-state index is 0.212.